The number of methoxy groups -OCH3 is 1. The molecule has 13 heavy (non-hydrogen) atoms. The molecule has 0 spiro atoms. The molecule has 4 heteroatoms. The standard InChI is InChI=1S/C9H18N2O2/c1-13-5-3-9(12)11-7-8-2-4-10-6-8/h8,10H,2-7H2,1H3,(H,11,12). The van der Waals surface area contributed by atoms with Crippen LogP contribution in [0.3, 0.4) is 0 Å². The number of carbonyl (C=O) groups excluding carboxylic acids is 1. The van der Waals surface area contributed by atoms with Crippen LogP contribution in [-0.4, -0.2) is 39.3 Å². The lowest BCUT2D eigenvalue weighted by molar-refractivity contribution is -0.122. The Morgan fingerprint density at radius 1 is 1.69 bits per heavy atom. The molecule has 1 saturated heterocycles. The van der Waals surface area contributed by atoms with E-state index in [-0.39, 0.29) is 5.91 Å². The molecule has 1 amide bonds. The molecule has 2 N–H and O–H groups in total. The van der Waals surface area contributed by atoms with E-state index in [1.807, 2.05) is 0 Å². The lowest BCUT2D eigenvalue weighted by atomic mass is 10.1. The van der Waals surface area contributed by atoms with Crippen LogP contribution in [-0.2, 0) is 9.53 Å². The summed E-state index contributed by atoms with van der Waals surface area (Å²) < 4.78 is 4.81. The summed E-state index contributed by atoms with van der Waals surface area (Å²) in [6, 6.07) is 0. The van der Waals surface area contributed by atoms with E-state index in [9.17, 15) is 4.79 Å². The van der Waals surface area contributed by atoms with Gasteiger partial charge in [-0.05, 0) is 25.4 Å². The Morgan fingerprint density at radius 2 is 2.54 bits per heavy atom. The van der Waals surface area contributed by atoms with Crippen molar-refractivity contribution in [3.63, 3.8) is 0 Å². The second-order valence-electron chi connectivity index (χ2n) is 3.41. The van der Waals surface area contributed by atoms with E-state index in [0.717, 1.165) is 19.6 Å². The minimum Gasteiger partial charge on any atom is -0.384 e. The normalized spacial score (nSPS) is 21.8. The number of nitrogens with one attached hydrogen (secondary N) is 2. The molecular weight excluding hydrogens is 168 g/mol. The molecule has 0 saturated carbocycles. The minimum atomic E-state index is 0.0914. The highest BCUT2D eigenvalue weighted by Crippen LogP contribution is 2.04. The van der Waals surface area contributed by atoms with E-state index in [4.69, 9.17) is 4.74 Å². The fraction of sp³-hybridized carbons (Fsp3) is 0.889. The molecule has 0 aromatic rings. The first kappa shape index (κ1) is 10.5. The SMILES string of the molecule is COCCC(=O)NCC1CCNC1. The van der Waals surface area contributed by atoms with Crippen molar-refractivity contribution in [2.24, 2.45) is 5.92 Å². The van der Waals surface area contributed by atoms with Gasteiger partial charge in [-0.1, -0.05) is 0 Å². The highest BCUT2D eigenvalue weighted by Gasteiger charge is 2.14. The van der Waals surface area contributed by atoms with E-state index < -0.39 is 0 Å². The summed E-state index contributed by atoms with van der Waals surface area (Å²) >= 11 is 0. The molecule has 1 heterocycles. The number of ether oxygens (including phenoxy) is 1. The van der Waals surface area contributed by atoms with Crippen LogP contribution in [0.2, 0.25) is 0 Å². The van der Waals surface area contributed by atoms with Gasteiger partial charge >= 0.3 is 0 Å². The van der Waals surface area contributed by atoms with Gasteiger partial charge in [-0.15, -0.1) is 0 Å². The van der Waals surface area contributed by atoms with Crippen LogP contribution < -0.4 is 10.6 Å². The quantitative estimate of drug-likeness (QED) is 0.622. The van der Waals surface area contributed by atoms with Crippen LogP contribution in [0.1, 0.15) is 12.8 Å². The molecular formula is C9H18N2O2. The zero-order chi connectivity index (χ0) is 9.52. The number of amides is 1. The summed E-state index contributed by atoms with van der Waals surface area (Å²) in [6.45, 7) is 3.42. The molecule has 0 aliphatic carbocycles. The third-order valence-electron chi connectivity index (χ3n) is 2.28. The van der Waals surface area contributed by atoms with Gasteiger partial charge in [0.1, 0.15) is 0 Å². The van der Waals surface area contributed by atoms with Crippen molar-refractivity contribution in [1.82, 2.24) is 10.6 Å². The molecule has 1 unspecified atom stereocenters. The van der Waals surface area contributed by atoms with Gasteiger partial charge in [0, 0.05) is 20.1 Å². The van der Waals surface area contributed by atoms with Crippen molar-refractivity contribution < 1.29 is 9.53 Å². The molecule has 1 fully saturated rings. The van der Waals surface area contributed by atoms with Gasteiger partial charge in [-0.2, -0.15) is 0 Å². The summed E-state index contributed by atoms with van der Waals surface area (Å²) in [5, 5.41) is 6.16. The van der Waals surface area contributed by atoms with Crippen molar-refractivity contribution in [1.29, 1.82) is 0 Å². The summed E-state index contributed by atoms with van der Waals surface area (Å²) in [6.07, 6.45) is 1.64. The summed E-state index contributed by atoms with van der Waals surface area (Å²) in [5.74, 6) is 0.709. The lowest BCUT2D eigenvalue weighted by Crippen LogP contribution is -2.30. The fourth-order valence-corrected chi connectivity index (χ4v) is 1.43. The Labute approximate surface area is 79.0 Å². The van der Waals surface area contributed by atoms with Gasteiger partial charge in [0.25, 0.3) is 0 Å². The number of hydrogen-bond acceptors (Lipinski definition) is 3. The lowest BCUT2D eigenvalue weighted by Gasteiger charge is -2.09. The Kier molecular flexibility index (Phi) is 4.78. The summed E-state index contributed by atoms with van der Waals surface area (Å²) in [7, 11) is 1.61. The van der Waals surface area contributed by atoms with Gasteiger partial charge in [-0.3, -0.25) is 4.79 Å². The Morgan fingerprint density at radius 3 is 3.15 bits per heavy atom. The zero-order valence-corrected chi connectivity index (χ0v) is 8.14. The smallest absolute Gasteiger partial charge is 0.222 e. The van der Waals surface area contributed by atoms with Gasteiger partial charge in [0.05, 0.1) is 6.61 Å². The second kappa shape index (κ2) is 5.94. The minimum absolute atomic E-state index is 0.0914. The maximum atomic E-state index is 11.1. The van der Waals surface area contributed by atoms with Gasteiger partial charge in [0.15, 0.2) is 0 Å². The predicted molar refractivity (Wildman–Crippen MR) is 50.5 cm³/mol. The van der Waals surface area contributed by atoms with Crippen molar-refractivity contribution in [2.75, 3.05) is 33.4 Å². The molecule has 1 aliphatic rings. The van der Waals surface area contributed by atoms with Gasteiger partial charge in [0.2, 0.25) is 5.91 Å². The van der Waals surface area contributed by atoms with Crippen molar-refractivity contribution in [2.45, 2.75) is 12.8 Å². The molecule has 4 nitrogen and oxygen atoms in total. The highest BCUT2D eigenvalue weighted by molar-refractivity contribution is 5.75. The van der Waals surface area contributed by atoms with Crippen molar-refractivity contribution >= 4 is 5.91 Å². The Hall–Kier alpha value is -0.610. The van der Waals surface area contributed by atoms with E-state index in [1.54, 1.807) is 7.11 Å². The maximum absolute atomic E-state index is 11.1. The second-order valence-corrected chi connectivity index (χ2v) is 3.41. The molecule has 0 aromatic carbocycles. The van der Waals surface area contributed by atoms with E-state index in [1.165, 1.54) is 6.42 Å². The molecule has 0 bridgehead atoms. The molecule has 1 atom stereocenters. The Bertz CT molecular complexity index is 156. The number of hydrogen-bond donors (Lipinski definition) is 2. The van der Waals surface area contributed by atoms with E-state index >= 15 is 0 Å². The zero-order valence-electron chi connectivity index (χ0n) is 8.14. The highest BCUT2D eigenvalue weighted by atomic mass is 16.5. The molecule has 1 aliphatic heterocycles. The average molecular weight is 186 g/mol. The Balaban J connectivity index is 2.00. The van der Waals surface area contributed by atoms with Crippen LogP contribution >= 0.6 is 0 Å². The van der Waals surface area contributed by atoms with E-state index in [0.29, 0.717) is 18.9 Å². The number of carbonyl (C=O) groups is 1. The van der Waals surface area contributed by atoms with Crippen LogP contribution in [0.15, 0.2) is 0 Å². The largest absolute Gasteiger partial charge is 0.384 e. The molecule has 0 radical (unpaired) electrons. The molecule has 76 valence electrons. The monoisotopic (exact) mass is 186 g/mol. The van der Waals surface area contributed by atoms with Crippen LogP contribution in [0.25, 0.3) is 0 Å². The topological polar surface area (TPSA) is 50.4 Å². The van der Waals surface area contributed by atoms with Gasteiger partial charge in [-0.25, -0.2) is 0 Å². The van der Waals surface area contributed by atoms with Crippen LogP contribution in [0, 0.1) is 5.92 Å². The molecule has 0 aromatic heterocycles. The fourth-order valence-electron chi connectivity index (χ4n) is 1.43. The first-order valence-electron chi connectivity index (χ1n) is 4.79. The van der Waals surface area contributed by atoms with Gasteiger partial charge < -0.3 is 15.4 Å². The summed E-state index contributed by atoms with van der Waals surface area (Å²) in [5.41, 5.74) is 0. The maximum Gasteiger partial charge on any atom is 0.222 e. The average Bonchev–Trinajstić information content (AvgIpc) is 2.64. The van der Waals surface area contributed by atoms with Crippen molar-refractivity contribution in [3.05, 3.63) is 0 Å². The third-order valence-corrected chi connectivity index (χ3v) is 2.28. The first-order valence-corrected chi connectivity index (χ1v) is 4.79. The predicted octanol–water partition coefficient (Wildman–Crippen LogP) is -0.251. The molecule has 1 rings (SSSR count). The third kappa shape index (κ3) is 4.24. The van der Waals surface area contributed by atoms with Crippen LogP contribution in [0.4, 0.5) is 0 Å². The van der Waals surface area contributed by atoms with Crippen LogP contribution in [0.5, 0.6) is 0 Å². The van der Waals surface area contributed by atoms with Crippen molar-refractivity contribution in [3.8, 4) is 0 Å². The summed E-state index contributed by atoms with van der Waals surface area (Å²) in [4.78, 5) is 11.1. The number of rotatable bonds is 5. The first-order chi connectivity index (χ1) is 6.33. The van der Waals surface area contributed by atoms with E-state index in [2.05, 4.69) is 10.6 Å².